The minimum atomic E-state index is -0.659. The molecule has 7 heteroatoms. The number of hydrogen-bond donors (Lipinski definition) is 3. The molecule has 0 spiro atoms. The van der Waals surface area contributed by atoms with Gasteiger partial charge >= 0.3 is 11.8 Å². The summed E-state index contributed by atoms with van der Waals surface area (Å²) >= 11 is 1.33. The molecule has 0 unspecified atom stereocenters. The predicted molar refractivity (Wildman–Crippen MR) is 78.9 cm³/mol. The highest BCUT2D eigenvalue weighted by atomic mass is 32.1. The Morgan fingerprint density at radius 3 is 2.71 bits per heavy atom. The Morgan fingerprint density at radius 2 is 2.19 bits per heavy atom. The molecule has 1 heterocycles. The van der Waals surface area contributed by atoms with Gasteiger partial charge in [-0.2, -0.15) is 0 Å². The molecule has 1 aromatic heterocycles. The number of nitrogens with zero attached hydrogens (tertiary/aromatic N) is 1. The van der Waals surface area contributed by atoms with E-state index in [1.165, 1.54) is 11.3 Å². The first-order valence-corrected chi connectivity index (χ1v) is 7.93. The first kappa shape index (κ1) is 14.5. The number of anilines is 1. The van der Waals surface area contributed by atoms with Crippen LogP contribution in [0.15, 0.2) is 6.20 Å². The van der Waals surface area contributed by atoms with Crippen LogP contribution in [0.25, 0.3) is 0 Å². The third kappa shape index (κ3) is 2.80. The lowest BCUT2D eigenvalue weighted by Gasteiger charge is -2.32. The molecule has 2 aliphatic carbocycles. The second kappa shape index (κ2) is 5.06. The highest BCUT2D eigenvalue weighted by molar-refractivity contribution is 7.15. The van der Waals surface area contributed by atoms with Crippen molar-refractivity contribution < 1.29 is 14.7 Å². The molecular weight excluding hydrogens is 290 g/mol. The van der Waals surface area contributed by atoms with Gasteiger partial charge in [0, 0.05) is 6.04 Å². The molecule has 3 N–H and O–H groups in total. The first-order chi connectivity index (χ1) is 9.85. The van der Waals surface area contributed by atoms with Crippen LogP contribution in [0.5, 0.6) is 0 Å². The summed E-state index contributed by atoms with van der Waals surface area (Å²) in [6, 6.07) is -0.00308. The van der Waals surface area contributed by atoms with Crippen molar-refractivity contribution in [1.82, 2.24) is 10.3 Å². The smallest absolute Gasteiger partial charge is 0.314 e. The number of fused-ring (bicyclic) bond motifs is 2. The second-order valence-electron chi connectivity index (χ2n) is 6.27. The van der Waals surface area contributed by atoms with E-state index in [1.807, 2.05) is 13.8 Å². The molecule has 0 radical (unpaired) electrons. The quantitative estimate of drug-likeness (QED) is 0.712. The summed E-state index contributed by atoms with van der Waals surface area (Å²) in [5.74, 6) is -0.779. The molecule has 114 valence electrons. The summed E-state index contributed by atoms with van der Waals surface area (Å²) in [5.41, 5.74) is -0.617. The summed E-state index contributed by atoms with van der Waals surface area (Å²) in [5, 5.41) is 16.9. The number of thiazole rings is 1. The lowest BCUT2D eigenvalue weighted by atomic mass is 9.83. The summed E-state index contributed by atoms with van der Waals surface area (Å²) in [6.45, 7) is 3.69. The van der Waals surface area contributed by atoms with Crippen molar-refractivity contribution in [2.75, 3.05) is 5.32 Å². The number of amides is 2. The van der Waals surface area contributed by atoms with Crippen molar-refractivity contribution in [2.24, 2.45) is 11.8 Å². The lowest BCUT2D eigenvalue weighted by Crippen LogP contribution is -2.47. The fourth-order valence-electron chi connectivity index (χ4n) is 3.55. The van der Waals surface area contributed by atoms with Gasteiger partial charge in [-0.25, -0.2) is 4.98 Å². The second-order valence-corrected chi connectivity index (χ2v) is 7.50. The average molecular weight is 309 g/mol. The number of hydrogen-bond acceptors (Lipinski definition) is 5. The van der Waals surface area contributed by atoms with Crippen LogP contribution in [0.4, 0.5) is 5.00 Å². The molecule has 2 aliphatic rings. The Labute approximate surface area is 127 Å². The average Bonchev–Trinajstić information content (AvgIpc) is 3.03. The van der Waals surface area contributed by atoms with E-state index >= 15 is 0 Å². The topological polar surface area (TPSA) is 91.3 Å². The summed E-state index contributed by atoms with van der Waals surface area (Å²) < 4.78 is 0. The third-order valence-corrected chi connectivity index (χ3v) is 5.46. The Morgan fingerprint density at radius 1 is 1.43 bits per heavy atom. The van der Waals surface area contributed by atoms with Gasteiger partial charge in [0.2, 0.25) is 0 Å². The maximum atomic E-state index is 11.9. The Bertz CT molecular complexity index is 584. The van der Waals surface area contributed by atoms with E-state index < -0.39 is 17.4 Å². The molecule has 21 heavy (non-hydrogen) atoms. The van der Waals surface area contributed by atoms with E-state index in [0.717, 1.165) is 17.8 Å². The van der Waals surface area contributed by atoms with Crippen LogP contribution >= 0.6 is 11.3 Å². The maximum absolute atomic E-state index is 11.9. The Hall–Kier alpha value is -1.47. The molecule has 6 nitrogen and oxygen atoms in total. The molecule has 1 aromatic rings. The van der Waals surface area contributed by atoms with E-state index in [9.17, 15) is 14.7 Å². The van der Waals surface area contributed by atoms with E-state index in [2.05, 4.69) is 15.6 Å². The lowest BCUT2D eigenvalue weighted by molar-refractivity contribution is -0.137. The van der Waals surface area contributed by atoms with Crippen LogP contribution < -0.4 is 10.6 Å². The van der Waals surface area contributed by atoms with Crippen LogP contribution in [0.2, 0.25) is 0 Å². The summed E-state index contributed by atoms with van der Waals surface area (Å²) in [4.78, 5) is 27.8. The normalized spacial score (nSPS) is 34.0. The number of carbonyl (C=O) groups is 2. The van der Waals surface area contributed by atoms with Crippen LogP contribution in [-0.2, 0) is 9.59 Å². The SMILES string of the molecule is Cc1ncc(NC(=O)C(=O)N[C@@H]2C[C@H]3C[C@@H]2C[C@]3(C)O)s1. The standard InChI is InChI=1S/C14H19N3O3S/c1-7-15-6-11(21-7)17-13(19)12(18)16-10-4-9-3-8(10)5-14(9,2)20/h6,8-10,20H,3-5H2,1-2H3,(H,16,18)(H,17,19)/t8-,9-,10-,14+/m1/s1. The van der Waals surface area contributed by atoms with Crippen LogP contribution in [0.1, 0.15) is 31.2 Å². The summed E-state index contributed by atoms with van der Waals surface area (Å²) in [6.07, 6.45) is 3.90. The van der Waals surface area contributed by atoms with Crippen molar-refractivity contribution in [3.8, 4) is 0 Å². The zero-order chi connectivity index (χ0) is 15.2. The van der Waals surface area contributed by atoms with Crippen molar-refractivity contribution in [3.05, 3.63) is 11.2 Å². The Kier molecular flexibility index (Phi) is 3.49. The molecular formula is C14H19N3O3S. The van der Waals surface area contributed by atoms with Gasteiger partial charge in [0.1, 0.15) is 5.00 Å². The number of aliphatic hydroxyl groups is 1. The van der Waals surface area contributed by atoms with Gasteiger partial charge in [-0.05, 0) is 44.9 Å². The fraction of sp³-hybridized carbons (Fsp3) is 0.643. The van der Waals surface area contributed by atoms with E-state index in [-0.39, 0.29) is 17.9 Å². The third-order valence-electron chi connectivity index (χ3n) is 4.63. The maximum Gasteiger partial charge on any atom is 0.314 e. The predicted octanol–water partition coefficient (Wildman–Crippen LogP) is 1.06. The van der Waals surface area contributed by atoms with Gasteiger partial charge in [0.05, 0.1) is 16.8 Å². The largest absolute Gasteiger partial charge is 0.390 e. The summed E-state index contributed by atoms with van der Waals surface area (Å²) in [7, 11) is 0. The molecule has 2 saturated carbocycles. The zero-order valence-corrected chi connectivity index (χ0v) is 12.9. The number of aryl methyl sites for hydroxylation is 1. The van der Waals surface area contributed by atoms with E-state index in [0.29, 0.717) is 11.4 Å². The highest BCUT2D eigenvalue weighted by Gasteiger charge is 2.52. The molecule has 4 atom stereocenters. The molecule has 0 saturated heterocycles. The highest BCUT2D eigenvalue weighted by Crippen LogP contribution is 2.50. The van der Waals surface area contributed by atoms with Gasteiger partial charge in [-0.3, -0.25) is 9.59 Å². The van der Waals surface area contributed by atoms with Gasteiger partial charge in [-0.1, -0.05) is 0 Å². The van der Waals surface area contributed by atoms with Gasteiger partial charge in [0.15, 0.2) is 0 Å². The van der Waals surface area contributed by atoms with Gasteiger partial charge in [-0.15, -0.1) is 11.3 Å². The number of nitrogens with one attached hydrogen (secondary N) is 2. The molecule has 2 bridgehead atoms. The monoisotopic (exact) mass is 309 g/mol. The van der Waals surface area contributed by atoms with Gasteiger partial charge in [0.25, 0.3) is 0 Å². The molecule has 3 rings (SSSR count). The minimum Gasteiger partial charge on any atom is -0.390 e. The molecule has 2 fully saturated rings. The van der Waals surface area contributed by atoms with Crippen molar-refractivity contribution in [2.45, 2.75) is 44.8 Å². The van der Waals surface area contributed by atoms with Gasteiger partial charge < -0.3 is 15.7 Å². The van der Waals surface area contributed by atoms with Crippen LogP contribution in [0.3, 0.4) is 0 Å². The van der Waals surface area contributed by atoms with Crippen LogP contribution in [0, 0.1) is 18.8 Å². The molecule has 0 aliphatic heterocycles. The van der Waals surface area contributed by atoms with E-state index in [4.69, 9.17) is 0 Å². The van der Waals surface area contributed by atoms with E-state index in [1.54, 1.807) is 6.20 Å². The molecule has 2 amide bonds. The number of rotatable bonds is 2. The van der Waals surface area contributed by atoms with Crippen molar-refractivity contribution in [1.29, 1.82) is 0 Å². The Balaban J connectivity index is 1.54. The van der Waals surface area contributed by atoms with Crippen LogP contribution in [-0.4, -0.2) is 33.5 Å². The molecule has 0 aromatic carbocycles. The zero-order valence-electron chi connectivity index (χ0n) is 12.0. The number of aromatic nitrogens is 1. The van der Waals surface area contributed by atoms with Crippen molar-refractivity contribution >= 4 is 28.2 Å². The first-order valence-electron chi connectivity index (χ1n) is 7.12. The number of carbonyl (C=O) groups excluding carboxylic acids is 2. The minimum absolute atomic E-state index is 0.00308. The van der Waals surface area contributed by atoms with Crippen molar-refractivity contribution in [3.63, 3.8) is 0 Å². The fourth-order valence-corrected chi connectivity index (χ4v) is 4.23.